The van der Waals surface area contributed by atoms with E-state index in [1.54, 1.807) is 6.20 Å². The van der Waals surface area contributed by atoms with Crippen LogP contribution >= 0.6 is 11.6 Å². The Balaban J connectivity index is 1.82. The molecule has 3 heterocycles. The third-order valence-corrected chi connectivity index (χ3v) is 4.56. The van der Waals surface area contributed by atoms with Gasteiger partial charge in [0.15, 0.2) is 0 Å². The van der Waals surface area contributed by atoms with Crippen LogP contribution in [-0.4, -0.2) is 22.8 Å². The fourth-order valence-electron chi connectivity index (χ4n) is 1.89. The molecule has 0 bridgehead atoms. The van der Waals surface area contributed by atoms with Gasteiger partial charge in [-0.2, -0.15) is 0 Å². The first kappa shape index (κ1) is 14.0. The molecule has 0 radical (unpaired) electrons. The van der Waals surface area contributed by atoms with Crippen molar-refractivity contribution in [1.82, 2.24) is 19.1 Å². The van der Waals surface area contributed by atoms with Crippen molar-refractivity contribution in [2.45, 2.75) is 11.4 Å². The minimum atomic E-state index is -3.65. The molecule has 0 unspecified atom stereocenters. The van der Waals surface area contributed by atoms with E-state index in [1.165, 1.54) is 18.3 Å². The van der Waals surface area contributed by atoms with Gasteiger partial charge in [-0.25, -0.2) is 23.1 Å². The number of hydrogen-bond acceptors (Lipinski definition) is 4. The third-order valence-electron chi connectivity index (χ3n) is 2.95. The molecule has 0 atom stereocenters. The molecule has 0 spiro atoms. The van der Waals surface area contributed by atoms with E-state index in [1.807, 2.05) is 28.8 Å². The summed E-state index contributed by atoms with van der Waals surface area (Å²) in [7, 11) is -3.65. The maximum atomic E-state index is 12.1. The number of nitrogens with zero attached hydrogens (tertiary/aromatic N) is 3. The number of rotatable bonds is 4. The number of hydrogen-bond donors (Lipinski definition) is 1. The number of pyridine rings is 2. The average molecular weight is 323 g/mol. The average Bonchev–Trinajstić information content (AvgIpc) is 2.89. The van der Waals surface area contributed by atoms with Gasteiger partial charge in [0, 0.05) is 12.4 Å². The lowest BCUT2D eigenvalue weighted by molar-refractivity contribution is 0.578. The van der Waals surface area contributed by atoms with Crippen molar-refractivity contribution in [3.8, 4) is 0 Å². The summed E-state index contributed by atoms with van der Waals surface area (Å²) in [5.41, 5.74) is 0.903. The summed E-state index contributed by atoms with van der Waals surface area (Å²) in [6.45, 7) is 0.0864. The molecule has 108 valence electrons. The van der Waals surface area contributed by atoms with E-state index in [0.29, 0.717) is 5.82 Å². The molecule has 3 aromatic rings. The molecule has 0 aromatic carbocycles. The number of aromatic nitrogens is 3. The highest BCUT2D eigenvalue weighted by Crippen LogP contribution is 2.12. The zero-order valence-electron chi connectivity index (χ0n) is 10.8. The van der Waals surface area contributed by atoms with E-state index < -0.39 is 10.0 Å². The molecule has 0 saturated carbocycles. The van der Waals surface area contributed by atoms with E-state index in [2.05, 4.69) is 14.7 Å². The molecule has 0 saturated heterocycles. The van der Waals surface area contributed by atoms with Gasteiger partial charge in [-0.15, -0.1) is 0 Å². The standard InChI is InChI=1S/C13H11ClN4O2S/c14-12-5-4-11(8-15-12)21(19,20)17-9-13-16-7-10-3-1-2-6-18(10)13/h1-8,17H,9H2. The van der Waals surface area contributed by atoms with E-state index in [9.17, 15) is 8.42 Å². The van der Waals surface area contributed by atoms with Crippen molar-refractivity contribution < 1.29 is 8.42 Å². The van der Waals surface area contributed by atoms with E-state index >= 15 is 0 Å². The fraction of sp³-hybridized carbons (Fsp3) is 0.0769. The summed E-state index contributed by atoms with van der Waals surface area (Å²) in [6, 6.07) is 8.48. The Morgan fingerprint density at radius 1 is 1.14 bits per heavy atom. The number of imidazole rings is 1. The van der Waals surface area contributed by atoms with E-state index in [0.717, 1.165) is 5.52 Å². The largest absolute Gasteiger partial charge is 0.303 e. The van der Waals surface area contributed by atoms with Gasteiger partial charge in [0.1, 0.15) is 15.9 Å². The van der Waals surface area contributed by atoms with Gasteiger partial charge in [0.2, 0.25) is 10.0 Å². The summed E-state index contributed by atoms with van der Waals surface area (Å²) >= 11 is 5.65. The molecule has 8 heteroatoms. The second-order valence-corrected chi connectivity index (χ2v) is 6.47. The molecule has 6 nitrogen and oxygen atoms in total. The van der Waals surface area contributed by atoms with Crippen LogP contribution in [0.25, 0.3) is 5.52 Å². The van der Waals surface area contributed by atoms with Gasteiger partial charge in [-0.05, 0) is 24.3 Å². The smallest absolute Gasteiger partial charge is 0.242 e. The fourth-order valence-corrected chi connectivity index (χ4v) is 2.93. The topological polar surface area (TPSA) is 76.4 Å². The number of fused-ring (bicyclic) bond motifs is 1. The zero-order valence-corrected chi connectivity index (χ0v) is 12.3. The predicted octanol–water partition coefficient (Wildman–Crippen LogP) is 1.86. The van der Waals surface area contributed by atoms with Crippen LogP contribution in [0.3, 0.4) is 0 Å². The SMILES string of the molecule is O=S(=O)(NCc1ncc2ccccn12)c1ccc(Cl)nc1. The Hall–Kier alpha value is -1.96. The Labute approximate surface area is 126 Å². The maximum absolute atomic E-state index is 12.1. The van der Waals surface area contributed by atoms with Crippen molar-refractivity contribution in [3.05, 3.63) is 59.9 Å². The minimum absolute atomic E-state index is 0.0627. The number of nitrogens with one attached hydrogen (secondary N) is 1. The minimum Gasteiger partial charge on any atom is -0.303 e. The zero-order chi connectivity index (χ0) is 14.9. The second kappa shape index (κ2) is 5.44. The van der Waals surface area contributed by atoms with Crippen LogP contribution in [0.1, 0.15) is 5.82 Å². The first-order valence-corrected chi connectivity index (χ1v) is 7.94. The van der Waals surface area contributed by atoms with Crippen LogP contribution < -0.4 is 4.72 Å². The van der Waals surface area contributed by atoms with Crippen LogP contribution in [0.5, 0.6) is 0 Å². The van der Waals surface area contributed by atoms with Gasteiger partial charge < -0.3 is 4.40 Å². The van der Waals surface area contributed by atoms with Crippen molar-refractivity contribution in [1.29, 1.82) is 0 Å². The molecule has 0 aliphatic carbocycles. The van der Waals surface area contributed by atoms with Gasteiger partial charge in [0.05, 0.1) is 18.3 Å². The molecule has 0 fully saturated rings. The van der Waals surface area contributed by atoms with Crippen LogP contribution in [-0.2, 0) is 16.6 Å². The van der Waals surface area contributed by atoms with Crippen molar-refractivity contribution in [2.75, 3.05) is 0 Å². The molecular formula is C13H11ClN4O2S. The molecule has 0 aliphatic heterocycles. The van der Waals surface area contributed by atoms with Crippen molar-refractivity contribution >= 4 is 27.1 Å². The highest BCUT2D eigenvalue weighted by molar-refractivity contribution is 7.89. The van der Waals surface area contributed by atoms with Gasteiger partial charge in [-0.1, -0.05) is 17.7 Å². The van der Waals surface area contributed by atoms with Gasteiger partial charge in [-0.3, -0.25) is 0 Å². The summed E-state index contributed by atoms with van der Waals surface area (Å²) < 4.78 is 28.6. The molecule has 21 heavy (non-hydrogen) atoms. The normalized spacial score (nSPS) is 11.9. The molecule has 1 N–H and O–H groups in total. The predicted molar refractivity (Wildman–Crippen MR) is 78.5 cm³/mol. The van der Waals surface area contributed by atoms with Crippen molar-refractivity contribution in [3.63, 3.8) is 0 Å². The Morgan fingerprint density at radius 3 is 2.76 bits per heavy atom. The highest BCUT2D eigenvalue weighted by Gasteiger charge is 2.15. The quantitative estimate of drug-likeness (QED) is 0.744. The molecule has 3 rings (SSSR count). The monoisotopic (exact) mass is 322 g/mol. The lowest BCUT2D eigenvalue weighted by atomic mass is 10.4. The first-order valence-electron chi connectivity index (χ1n) is 6.08. The van der Waals surface area contributed by atoms with Crippen LogP contribution in [0.15, 0.2) is 53.8 Å². The Morgan fingerprint density at radius 2 is 2.00 bits per heavy atom. The number of halogens is 1. The Bertz CT molecular complexity index is 875. The van der Waals surface area contributed by atoms with Crippen molar-refractivity contribution in [2.24, 2.45) is 0 Å². The highest BCUT2D eigenvalue weighted by atomic mass is 35.5. The van der Waals surface area contributed by atoms with Crippen LogP contribution in [0.2, 0.25) is 5.15 Å². The lowest BCUT2D eigenvalue weighted by Gasteiger charge is -2.06. The third kappa shape index (κ3) is 2.90. The summed E-state index contributed by atoms with van der Waals surface area (Å²) in [4.78, 5) is 8.03. The van der Waals surface area contributed by atoms with Gasteiger partial charge >= 0.3 is 0 Å². The van der Waals surface area contributed by atoms with E-state index in [4.69, 9.17) is 11.6 Å². The first-order chi connectivity index (χ1) is 10.1. The number of sulfonamides is 1. The molecule has 0 amide bonds. The second-order valence-electron chi connectivity index (χ2n) is 4.31. The maximum Gasteiger partial charge on any atom is 0.242 e. The van der Waals surface area contributed by atoms with Crippen LogP contribution in [0.4, 0.5) is 0 Å². The summed E-state index contributed by atoms with van der Waals surface area (Å²) in [6.07, 6.45) is 4.73. The lowest BCUT2D eigenvalue weighted by Crippen LogP contribution is -2.24. The molecule has 0 aliphatic rings. The summed E-state index contributed by atoms with van der Waals surface area (Å²) in [5, 5.41) is 0.244. The molecule has 3 aromatic heterocycles. The van der Waals surface area contributed by atoms with E-state index in [-0.39, 0.29) is 16.6 Å². The van der Waals surface area contributed by atoms with Gasteiger partial charge in [0.25, 0.3) is 0 Å². The Kier molecular flexibility index (Phi) is 3.62. The van der Waals surface area contributed by atoms with Crippen LogP contribution in [0, 0.1) is 0 Å². The summed E-state index contributed by atoms with van der Waals surface area (Å²) in [5.74, 6) is 0.607. The molecular weight excluding hydrogens is 312 g/mol.